The maximum Gasteiger partial charge on any atom is 0.261 e. The number of nitrogens with zero attached hydrogens (tertiary/aromatic N) is 3. The van der Waals surface area contributed by atoms with Gasteiger partial charge in [0.05, 0.1) is 5.69 Å². The molecule has 2 aromatic heterocycles. The molecule has 1 aliphatic heterocycles. The van der Waals surface area contributed by atoms with Crippen LogP contribution in [-0.2, 0) is 6.42 Å². The fourth-order valence-corrected chi connectivity index (χ4v) is 3.98. The van der Waals surface area contributed by atoms with Gasteiger partial charge in [-0.15, -0.1) is 0 Å². The van der Waals surface area contributed by atoms with Crippen molar-refractivity contribution in [2.24, 2.45) is 0 Å². The van der Waals surface area contributed by atoms with Crippen LogP contribution in [0.4, 0.5) is 24.8 Å². The highest BCUT2D eigenvalue weighted by atomic mass is 19.1. The van der Waals surface area contributed by atoms with Crippen LogP contribution in [0.15, 0.2) is 42.2 Å². The zero-order chi connectivity index (χ0) is 24.1. The number of hydrogen-bond acceptors (Lipinski definition) is 7. The molecule has 8 nitrogen and oxygen atoms in total. The number of allylic oxidation sites excluding steroid dienone is 1. The van der Waals surface area contributed by atoms with Crippen LogP contribution in [0.1, 0.15) is 18.1 Å². The van der Waals surface area contributed by atoms with E-state index in [4.69, 9.17) is 14.2 Å². The molecule has 176 valence electrons. The summed E-state index contributed by atoms with van der Waals surface area (Å²) in [5, 5.41) is 9.69. The summed E-state index contributed by atoms with van der Waals surface area (Å²) in [6.07, 6.45) is 2.89. The van der Waals surface area contributed by atoms with Crippen LogP contribution in [0.3, 0.4) is 0 Å². The Morgan fingerprint density at radius 2 is 1.89 bits per heavy atom. The van der Waals surface area contributed by atoms with Crippen molar-refractivity contribution in [2.75, 3.05) is 12.1 Å². The predicted molar refractivity (Wildman–Crippen MR) is 119 cm³/mol. The van der Waals surface area contributed by atoms with E-state index in [-0.39, 0.29) is 29.6 Å². The van der Waals surface area contributed by atoms with Crippen LogP contribution in [-0.4, -0.2) is 27.0 Å². The normalized spacial score (nSPS) is 13.5. The highest BCUT2D eigenvalue weighted by Gasteiger charge is 2.24. The number of nitrogens with one attached hydrogen (secondary N) is 2. The fraction of sp³-hybridized carbons (Fsp3) is 0.125. The van der Waals surface area contributed by atoms with Gasteiger partial charge in [-0.25, -0.2) is 13.8 Å². The van der Waals surface area contributed by atoms with E-state index in [1.807, 2.05) is 6.07 Å². The number of anilines is 2. The molecule has 0 unspecified atom stereocenters. The van der Waals surface area contributed by atoms with Crippen molar-refractivity contribution in [1.29, 1.82) is 0 Å². The number of rotatable bonds is 5. The molecule has 11 heteroatoms. The Kier molecular flexibility index (Phi) is 4.83. The quantitative estimate of drug-likeness (QED) is 0.390. The van der Waals surface area contributed by atoms with Gasteiger partial charge in [0.15, 0.2) is 34.7 Å². The van der Waals surface area contributed by atoms with Gasteiger partial charge in [-0.2, -0.15) is 14.5 Å². The van der Waals surface area contributed by atoms with Crippen molar-refractivity contribution in [3.63, 3.8) is 0 Å². The third kappa shape index (κ3) is 3.70. The molecule has 0 amide bonds. The van der Waals surface area contributed by atoms with Crippen molar-refractivity contribution < 1.29 is 27.4 Å². The first-order valence-electron chi connectivity index (χ1n) is 10.5. The zero-order valence-corrected chi connectivity index (χ0v) is 18.2. The summed E-state index contributed by atoms with van der Waals surface area (Å²) in [4.78, 5) is 7.60. The molecule has 2 N–H and O–H groups in total. The van der Waals surface area contributed by atoms with E-state index in [1.165, 1.54) is 0 Å². The molecule has 0 bridgehead atoms. The van der Waals surface area contributed by atoms with Crippen molar-refractivity contribution in [3.05, 3.63) is 70.8 Å². The summed E-state index contributed by atoms with van der Waals surface area (Å²) in [7, 11) is 0. The largest absolute Gasteiger partial charge is 0.454 e. The van der Waals surface area contributed by atoms with E-state index in [0.29, 0.717) is 23.6 Å². The van der Waals surface area contributed by atoms with E-state index < -0.39 is 29.1 Å². The molecular formula is C24H16F3N5O3. The number of benzene rings is 2. The van der Waals surface area contributed by atoms with E-state index >= 15 is 4.39 Å². The van der Waals surface area contributed by atoms with Crippen molar-refractivity contribution in [2.45, 2.75) is 13.3 Å². The van der Waals surface area contributed by atoms with Gasteiger partial charge in [0, 0.05) is 28.8 Å². The highest BCUT2D eigenvalue weighted by molar-refractivity contribution is 5.69. The van der Waals surface area contributed by atoms with Gasteiger partial charge in [0.2, 0.25) is 12.6 Å². The Bertz CT molecular complexity index is 1520. The molecule has 6 rings (SSSR count). The average molecular weight is 479 g/mol. The lowest BCUT2D eigenvalue weighted by Gasteiger charge is -2.11. The number of ether oxygens (including phenoxy) is 3. The summed E-state index contributed by atoms with van der Waals surface area (Å²) in [6.45, 7) is 1.93. The minimum absolute atomic E-state index is 0.0953. The van der Waals surface area contributed by atoms with E-state index in [9.17, 15) is 8.78 Å². The number of hydrogen-bond donors (Lipinski definition) is 2. The monoisotopic (exact) mass is 479 g/mol. The Labute approximate surface area is 196 Å². The van der Waals surface area contributed by atoms with Gasteiger partial charge in [0.1, 0.15) is 12.1 Å². The molecule has 0 fully saturated rings. The third-order valence-electron chi connectivity index (χ3n) is 5.64. The molecule has 0 atom stereocenters. The Morgan fingerprint density at radius 3 is 2.77 bits per heavy atom. The van der Waals surface area contributed by atoms with Crippen LogP contribution in [0.2, 0.25) is 0 Å². The summed E-state index contributed by atoms with van der Waals surface area (Å²) < 4.78 is 60.4. The van der Waals surface area contributed by atoms with Gasteiger partial charge < -0.3 is 19.5 Å². The molecule has 35 heavy (non-hydrogen) atoms. The van der Waals surface area contributed by atoms with Crippen molar-refractivity contribution in [3.8, 4) is 34.4 Å². The number of H-pyrrole nitrogens is 1. The minimum Gasteiger partial charge on any atom is -0.454 e. The lowest BCUT2D eigenvalue weighted by molar-refractivity contribution is 0.174. The predicted octanol–water partition coefficient (Wildman–Crippen LogP) is 5.51. The summed E-state index contributed by atoms with van der Waals surface area (Å²) in [6, 6.07) is 7.92. The molecule has 2 aromatic carbocycles. The lowest BCUT2D eigenvalue weighted by Crippen LogP contribution is -2.03. The van der Waals surface area contributed by atoms with Crippen molar-refractivity contribution >= 4 is 17.7 Å². The highest BCUT2D eigenvalue weighted by Crippen LogP contribution is 2.38. The maximum absolute atomic E-state index is 15.1. The molecule has 4 aromatic rings. The number of aromatic nitrogens is 4. The first-order valence-corrected chi connectivity index (χ1v) is 10.5. The van der Waals surface area contributed by atoms with Crippen molar-refractivity contribution in [1.82, 2.24) is 20.2 Å². The van der Waals surface area contributed by atoms with Crippen LogP contribution in [0, 0.1) is 17.5 Å². The molecule has 2 aliphatic rings. The molecule has 3 heterocycles. The van der Waals surface area contributed by atoms with Gasteiger partial charge >= 0.3 is 0 Å². The Morgan fingerprint density at radius 1 is 1.03 bits per heavy atom. The van der Waals surface area contributed by atoms with Gasteiger partial charge in [-0.1, -0.05) is 11.6 Å². The number of fused-ring (bicyclic) bond motifs is 2. The molecule has 0 spiro atoms. The van der Waals surface area contributed by atoms with Crippen LogP contribution < -0.4 is 19.5 Å². The standard InChI is InChI=1S/C24H16F3N5O3/c1-11-4-13-14(5-11)21(26)19(7-15(13)25)35-24-22(27)23(28-9-29-24)30-20-8-16(31-32-20)12-2-3-17-18(6-12)34-10-33-17/h2-3,5-9H,4,10H2,1H3,(H2,28,29,30,31,32). The first-order chi connectivity index (χ1) is 17.0. The molecule has 0 saturated carbocycles. The topological polar surface area (TPSA) is 94.2 Å². The Hall–Kier alpha value is -4.54. The second-order valence-corrected chi connectivity index (χ2v) is 8.03. The van der Waals surface area contributed by atoms with Gasteiger partial charge in [-0.05, 0) is 31.5 Å². The molecule has 0 radical (unpaired) electrons. The summed E-state index contributed by atoms with van der Waals surface area (Å²) >= 11 is 0. The fourth-order valence-electron chi connectivity index (χ4n) is 3.98. The molecule has 1 aliphatic carbocycles. The van der Waals surface area contributed by atoms with Crippen LogP contribution >= 0.6 is 0 Å². The van der Waals surface area contributed by atoms with Crippen LogP contribution in [0.5, 0.6) is 23.1 Å². The number of halogens is 3. The first kappa shape index (κ1) is 21.0. The second-order valence-electron chi connectivity index (χ2n) is 8.03. The zero-order valence-electron chi connectivity index (χ0n) is 18.2. The van der Waals surface area contributed by atoms with Gasteiger partial charge in [0.25, 0.3) is 5.88 Å². The van der Waals surface area contributed by atoms with E-state index in [0.717, 1.165) is 23.5 Å². The molecular weight excluding hydrogens is 463 g/mol. The summed E-state index contributed by atoms with van der Waals surface area (Å²) in [5.74, 6) is -2.19. The third-order valence-corrected chi connectivity index (χ3v) is 5.64. The van der Waals surface area contributed by atoms with E-state index in [2.05, 4.69) is 25.5 Å². The lowest BCUT2D eigenvalue weighted by atomic mass is 10.1. The number of aromatic amines is 1. The SMILES string of the molecule is CC1=Cc2c(F)c(Oc3ncnc(Nc4cc(-c5ccc6c(c5)OCO6)[nH]n4)c3F)cc(F)c2C1. The average Bonchev–Trinajstić information content (AvgIpc) is 3.59. The summed E-state index contributed by atoms with van der Waals surface area (Å²) in [5.41, 5.74) is 2.57. The Balaban J connectivity index is 1.25. The van der Waals surface area contributed by atoms with Crippen LogP contribution in [0.25, 0.3) is 17.3 Å². The second kappa shape index (κ2) is 8.05. The van der Waals surface area contributed by atoms with Gasteiger partial charge in [-0.3, -0.25) is 5.10 Å². The minimum atomic E-state index is -0.993. The van der Waals surface area contributed by atoms with E-state index in [1.54, 1.807) is 31.2 Å². The smallest absolute Gasteiger partial charge is 0.261 e. The maximum atomic E-state index is 15.1. The molecule has 0 saturated heterocycles.